The van der Waals surface area contributed by atoms with Crippen molar-refractivity contribution in [1.82, 2.24) is 4.31 Å². The Balaban J connectivity index is 2.33. The van der Waals surface area contributed by atoms with Crippen molar-refractivity contribution in [2.24, 2.45) is 4.99 Å². The summed E-state index contributed by atoms with van der Waals surface area (Å²) in [6, 6.07) is -0.195. The van der Waals surface area contributed by atoms with Gasteiger partial charge in [0.2, 0.25) is 10.0 Å². The molecule has 0 bridgehead atoms. The third kappa shape index (κ3) is 1.39. The van der Waals surface area contributed by atoms with Crippen LogP contribution in [0.4, 0.5) is 0 Å². The van der Waals surface area contributed by atoms with Crippen molar-refractivity contribution in [3.8, 4) is 0 Å². The number of allylic oxidation sites excluding steroid dienone is 2. The molecule has 0 saturated heterocycles. The van der Waals surface area contributed by atoms with Crippen molar-refractivity contribution in [2.75, 3.05) is 6.26 Å². The largest absolute Gasteiger partial charge is 0.265 e. The van der Waals surface area contributed by atoms with E-state index in [1.165, 1.54) is 16.9 Å². The van der Waals surface area contributed by atoms with Crippen molar-refractivity contribution < 1.29 is 8.42 Å². The molecule has 1 heterocycles. The SMILES string of the molecule is CS(=O)(=O)N1C=NC2C=CC=CC21. The van der Waals surface area contributed by atoms with Crippen LogP contribution in [0.15, 0.2) is 29.3 Å². The monoisotopic (exact) mass is 198 g/mol. The van der Waals surface area contributed by atoms with Crippen LogP contribution in [0.3, 0.4) is 0 Å². The molecule has 0 aromatic rings. The molecule has 1 aliphatic carbocycles. The molecule has 2 rings (SSSR count). The molecule has 2 atom stereocenters. The molecule has 1 aliphatic heterocycles. The van der Waals surface area contributed by atoms with Gasteiger partial charge in [-0.2, -0.15) is 0 Å². The summed E-state index contributed by atoms with van der Waals surface area (Å²) < 4.78 is 23.8. The minimum absolute atomic E-state index is 0.0419. The molecule has 0 fully saturated rings. The van der Waals surface area contributed by atoms with Gasteiger partial charge in [0.05, 0.1) is 18.3 Å². The van der Waals surface area contributed by atoms with Crippen LogP contribution in [0, 0.1) is 0 Å². The molecule has 0 aromatic carbocycles. The first kappa shape index (κ1) is 8.50. The van der Waals surface area contributed by atoms with Gasteiger partial charge in [-0.05, 0) is 0 Å². The summed E-state index contributed by atoms with van der Waals surface area (Å²) in [5, 5.41) is 0. The van der Waals surface area contributed by atoms with Gasteiger partial charge < -0.3 is 0 Å². The number of sulfonamides is 1. The van der Waals surface area contributed by atoms with Crippen LogP contribution in [0.5, 0.6) is 0 Å². The molecule has 0 saturated carbocycles. The molecule has 2 unspecified atom stereocenters. The molecule has 0 radical (unpaired) electrons. The molecule has 13 heavy (non-hydrogen) atoms. The molecular formula is C8H10N2O2S. The lowest BCUT2D eigenvalue weighted by atomic mass is 10.1. The Morgan fingerprint density at radius 1 is 1.31 bits per heavy atom. The van der Waals surface area contributed by atoms with Gasteiger partial charge in [-0.3, -0.25) is 9.30 Å². The Morgan fingerprint density at radius 3 is 2.69 bits per heavy atom. The van der Waals surface area contributed by atoms with Crippen LogP contribution in [0.1, 0.15) is 0 Å². The van der Waals surface area contributed by atoms with E-state index in [4.69, 9.17) is 0 Å². The summed E-state index contributed by atoms with van der Waals surface area (Å²) in [5.74, 6) is 0. The van der Waals surface area contributed by atoms with Gasteiger partial charge in [-0.25, -0.2) is 8.42 Å². The smallest absolute Gasteiger partial charge is 0.233 e. The molecule has 0 amide bonds. The number of nitrogens with zero attached hydrogens (tertiary/aromatic N) is 2. The van der Waals surface area contributed by atoms with Gasteiger partial charge in [-0.1, -0.05) is 24.3 Å². The van der Waals surface area contributed by atoms with E-state index >= 15 is 0 Å². The van der Waals surface area contributed by atoms with E-state index in [1.54, 1.807) is 0 Å². The van der Waals surface area contributed by atoms with Crippen molar-refractivity contribution >= 4 is 16.4 Å². The maximum Gasteiger partial charge on any atom is 0.233 e. The quantitative estimate of drug-likeness (QED) is 0.602. The Kier molecular flexibility index (Phi) is 1.76. The lowest BCUT2D eigenvalue weighted by Gasteiger charge is -2.23. The van der Waals surface area contributed by atoms with Gasteiger partial charge in [0.15, 0.2) is 0 Å². The Labute approximate surface area is 77.3 Å². The fraction of sp³-hybridized carbons (Fsp3) is 0.375. The minimum Gasteiger partial charge on any atom is -0.265 e. The molecule has 0 aromatic heterocycles. The highest BCUT2D eigenvalue weighted by molar-refractivity contribution is 7.88. The van der Waals surface area contributed by atoms with E-state index in [0.717, 1.165) is 0 Å². The first-order chi connectivity index (χ1) is 6.09. The normalized spacial score (nSPS) is 31.0. The maximum atomic E-state index is 11.3. The summed E-state index contributed by atoms with van der Waals surface area (Å²) in [6.07, 6.45) is 10.0. The van der Waals surface area contributed by atoms with Crippen LogP contribution in [0.25, 0.3) is 0 Å². The van der Waals surface area contributed by atoms with Gasteiger partial charge in [-0.15, -0.1) is 0 Å². The van der Waals surface area contributed by atoms with Gasteiger partial charge >= 0.3 is 0 Å². The van der Waals surface area contributed by atoms with Crippen LogP contribution < -0.4 is 0 Å². The number of rotatable bonds is 1. The third-order valence-electron chi connectivity index (χ3n) is 2.11. The second-order valence-electron chi connectivity index (χ2n) is 3.11. The number of hydrogen-bond donors (Lipinski definition) is 0. The highest BCUT2D eigenvalue weighted by Crippen LogP contribution is 2.21. The second-order valence-corrected chi connectivity index (χ2v) is 5.00. The van der Waals surface area contributed by atoms with Crippen molar-refractivity contribution in [1.29, 1.82) is 0 Å². The number of aliphatic imine (C=N–C) groups is 1. The van der Waals surface area contributed by atoms with Gasteiger partial charge in [0.25, 0.3) is 0 Å². The minimum atomic E-state index is -3.17. The lowest BCUT2D eigenvalue weighted by molar-refractivity contribution is 0.491. The molecule has 4 nitrogen and oxygen atoms in total. The Morgan fingerprint density at radius 2 is 2.00 bits per heavy atom. The van der Waals surface area contributed by atoms with E-state index in [0.29, 0.717) is 0 Å². The standard InChI is InChI=1S/C8H10N2O2S/c1-13(11,12)10-6-9-7-4-2-3-5-8(7)10/h2-8H,1H3. The van der Waals surface area contributed by atoms with E-state index in [9.17, 15) is 8.42 Å². The third-order valence-corrected chi connectivity index (χ3v) is 3.21. The van der Waals surface area contributed by atoms with E-state index < -0.39 is 10.0 Å². The average Bonchev–Trinajstić information content (AvgIpc) is 2.45. The van der Waals surface area contributed by atoms with Crippen LogP contribution >= 0.6 is 0 Å². The highest BCUT2D eigenvalue weighted by atomic mass is 32.2. The zero-order valence-corrected chi connectivity index (χ0v) is 7.98. The van der Waals surface area contributed by atoms with Crippen molar-refractivity contribution in [3.05, 3.63) is 24.3 Å². The Bertz CT molecular complexity index is 394. The van der Waals surface area contributed by atoms with E-state index in [2.05, 4.69) is 4.99 Å². The molecule has 0 N–H and O–H groups in total. The summed E-state index contributed by atoms with van der Waals surface area (Å²) in [5.41, 5.74) is 0. The van der Waals surface area contributed by atoms with E-state index in [1.807, 2.05) is 24.3 Å². The van der Waals surface area contributed by atoms with Crippen LogP contribution in [0.2, 0.25) is 0 Å². The molecule has 5 heteroatoms. The van der Waals surface area contributed by atoms with Gasteiger partial charge in [0.1, 0.15) is 6.34 Å². The summed E-state index contributed by atoms with van der Waals surface area (Å²) in [6.45, 7) is 0. The summed E-state index contributed by atoms with van der Waals surface area (Å²) >= 11 is 0. The zero-order valence-electron chi connectivity index (χ0n) is 7.16. The molecular weight excluding hydrogens is 188 g/mol. The van der Waals surface area contributed by atoms with Crippen LogP contribution in [-0.2, 0) is 10.0 Å². The summed E-state index contributed by atoms with van der Waals surface area (Å²) in [4.78, 5) is 4.09. The predicted molar refractivity (Wildman–Crippen MR) is 51.0 cm³/mol. The second kappa shape index (κ2) is 2.70. The molecule has 2 aliphatic rings. The molecule has 0 spiro atoms. The maximum absolute atomic E-state index is 11.3. The first-order valence-electron chi connectivity index (χ1n) is 3.96. The highest BCUT2D eigenvalue weighted by Gasteiger charge is 2.33. The lowest BCUT2D eigenvalue weighted by Crippen LogP contribution is -2.38. The number of hydrogen-bond acceptors (Lipinski definition) is 3. The van der Waals surface area contributed by atoms with Crippen molar-refractivity contribution in [2.45, 2.75) is 12.1 Å². The molecule has 70 valence electrons. The average molecular weight is 198 g/mol. The number of fused-ring (bicyclic) bond motifs is 1. The fourth-order valence-electron chi connectivity index (χ4n) is 1.48. The van der Waals surface area contributed by atoms with Crippen molar-refractivity contribution in [3.63, 3.8) is 0 Å². The topological polar surface area (TPSA) is 49.7 Å². The zero-order chi connectivity index (χ0) is 9.47. The van der Waals surface area contributed by atoms with Crippen LogP contribution in [-0.4, -0.2) is 37.4 Å². The predicted octanol–water partition coefficient (Wildman–Crippen LogP) is 0.153. The van der Waals surface area contributed by atoms with Gasteiger partial charge in [0, 0.05) is 0 Å². The fourth-order valence-corrected chi connectivity index (χ4v) is 2.35. The van der Waals surface area contributed by atoms with E-state index in [-0.39, 0.29) is 12.1 Å². The Hall–Kier alpha value is -1.10. The first-order valence-corrected chi connectivity index (χ1v) is 5.81. The summed E-state index contributed by atoms with van der Waals surface area (Å²) in [7, 11) is -3.17.